The molecule has 5 heteroatoms. The van der Waals surface area contributed by atoms with E-state index < -0.39 is 5.97 Å². The molecule has 0 unspecified atom stereocenters. The SMILES string of the molecule is CC=C[C@H](CC(=O)O)c1ccc(OCc2ccc3ccn(Cc4ccccc4)c3c2Cl)cc1. The molecule has 0 bridgehead atoms. The van der Waals surface area contributed by atoms with Crippen LogP contribution in [0.3, 0.4) is 0 Å². The van der Waals surface area contributed by atoms with Gasteiger partial charge in [-0.05, 0) is 36.2 Å². The first-order chi connectivity index (χ1) is 16.0. The number of fused-ring (bicyclic) bond motifs is 1. The fraction of sp³-hybridized carbons (Fsp3) is 0.179. The summed E-state index contributed by atoms with van der Waals surface area (Å²) in [5, 5.41) is 10.9. The van der Waals surface area contributed by atoms with E-state index in [9.17, 15) is 4.79 Å². The van der Waals surface area contributed by atoms with Crippen LogP contribution in [0, 0.1) is 0 Å². The van der Waals surface area contributed by atoms with Crippen LogP contribution >= 0.6 is 11.6 Å². The van der Waals surface area contributed by atoms with Crippen molar-refractivity contribution in [3.8, 4) is 5.75 Å². The fourth-order valence-electron chi connectivity index (χ4n) is 4.01. The molecule has 0 saturated heterocycles. The Bertz CT molecular complexity index is 1260. The zero-order valence-electron chi connectivity index (χ0n) is 18.4. The van der Waals surface area contributed by atoms with Crippen molar-refractivity contribution in [1.82, 2.24) is 4.57 Å². The number of halogens is 1. The maximum Gasteiger partial charge on any atom is 0.304 e. The van der Waals surface area contributed by atoms with Gasteiger partial charge in [-0.15, -0.1) is 0 Å². The molecule has 1 atom stereocenters. The predicted octanol–water partition coefficient (Wildman–Crippen LogP) is 7.06. The standard InChI is InChI=1S/C28H26ClNO3/c1-2-6-23(17-26(31)32)21-11-13-25(14-12-21)33-19-24-10-9-22-15-16-30(28(22)27(24)29)18-20-7-4-3-5-8-20/h2-16,23H,17-19H2,1H3,(H,31,32)/t23-/m1/s1. The first-order valence-corrected chi connectivity index (χ1v) is 11.3. The first-order valence-electron chi connectivity index (χ1n) is 10.9. The first kappa shape index (κ1) is 22.7. The number of aliphatic carboxylic acids is 1. The maximum absolute atomic E-state index is 11.1. The van der Waals surface area contributed by atoms with Crippen molar-refractivity contribution in [2.45, 2.75) is 32.4 Å². The number of ether oxygens (including phenoxy) is 1. The van der Waals surface area contributed by atoms with Gasteiger partial charge in [0.05, 0.1) is 17.0 Å². The van der Waals surface area contributed by atoms with Gasteiger partial charge in [-0.3, -0.25) is 4.79 Å². The largest absolute Gasteiger partial charge is 0.489 e. The van der Waals surface area contributed by atoms with Crippen LogP contribution in [0.5, 0.6) is 5.75 Å². The summed E-state index contributed by atoms with van der Waals surface area (Å²) in [6.07, 6.45) is 5.90. The maximum atomic E-state index is 11.1. The molecular weight excluding hydrogens is 434 g/mol. The number of nitrogens with zero attached hydrogens (tertiary/aromatic N) is 1. The highest BCUT2D eigenvalue weighted by molar-refractivity contribution is 6.36. The molecule has 4 aromatic rings. The average Bonchev–Trinajstić information content (AvgIpc) is 3.22. The number of carbonyl (C=O) groups is 1. The lowest BCUT2D eigenvalue weighted by Gasteiger charge is -2.13. The van der Waals surface area contributed by atoms with Gasteiger partial charge in [0.15, 0.2) is 0 Å². The molecule has 0 saturated carbocycles. The van der Waals surface area contributed by atoms with E-state index in [0.29, 0.717) is 17.4 Å². The van der Waals surface area contributed by atoms with Gasteiger partial charge < -0.3 is 14.4 Å². The molecule has 1 aromatic heterocycles. The summed E-state index contributed by atoms with van der Waals surface area (Å²) < 4.78 is 8.17. The topological polar surface area (TPSA) is 51.5 Å². The van der Waals surface area contributed by atoms with Gasteiger partial charge in [-0.2, -0.15) is 0 Å². The highest BCUT2D eigenvalue weighted by Crippen LogP contribution is 2.30. The number of aromatic nitrogens is 1. The van der Waals surface area contributed by atoms with Crippen LogP contribution in [-0.4, -0.2) is 15.6 Å². The molecule has 3 aromatic carbocycles. The van der Waals surface area contributed by atoms with Crippen molar-refractivity contribution in [1.29, 1.82) is 0 Å². The molecule has 0 aliphatic heterocycles. The summed E-state index contributed by atoms with van der Waals surface area (Å²) in [5.41, 5.74) is 4.08. The van der Waals surface area contributed by atoms with Crippen LogP contribution in [-0.2, 0) is 17.9 Å². The number of benzene rings is 3. The van der Waals surface area contributed by atoms with Crippen molar-refractivity contribution in [2.75, 3.05) is 0 Å². The lowest BCUT2D eigenvalue weighted by atomic mass is 9.95. The Kier molecular flexibility index (Phi) is 7.16. The molecule has 0 fully saturated rings. The second kappa shape index (κ2) is 10.4. The quantitative estimate of drug-likeness (QED) is 0.273. The van der Waals surface area contributed by atoms with E-state index in [0.717, 1.165) is 28.6 Å². The molecule has 0 amide bonds. The van der Waals surface area contributed by atoms with Crippen LogP contribution < -0.4 is 4.74 Å². The number of hydrogen-bond acceptors (Lipinski definition) is 2. The second-order valence-corrected chi connectivity index (χ2v) is 8.37. The van der Waals surface area contributed by atoms with Crippen LogP contribution in [0.4, 0.5) is 0 Å². The smallest absolute Gasteiger partial charge is 0.304 e. The number of carboxylic acids is 1. The van der Waals surface area contributed by atoms with Crippen LogP contribution in [0.2, 0.25) is 5.02 Å². The summed E-state index contributed by atoms with van der Waals surface area (Å²) in [6.45, 7) is 2.99. The van der Waals surface area contributed by atoms with E-state index in [2.05, 4.69) is 35.0 Å². The zero-order valence-corrected chi connectivity index (χ0v) is 19.2. The number of carboxylic acid groups (broad SMARTS) is 1. The molecule has 1 N–H and O–H groups in total. The molecule has 168 valence electrons. The Labute approximate surface area is 198 Å². The van der Waals surface area contributed by atoms with E-state index >= 15 is 0 Å². The Morgan fingerprint density at radius 2 is 1.82 bits per heavy atom. The third kappa shape index (κ3) is 5.47. The lowest BCUT2D eigenvalue weighted by molar-refractivity contribution is -0.137. The van der Waals surface area contributed by atoms with E-state index in [4.69, 9.17) is 21.4 Å². The molecule has 0 aliphatic carbocycles. The Morgan fingerprint density at radius 1 is 1.06 bits per heavy atom. The highest BCUT2D eigenvalue weighted by atomic mass is 35.5. The summed E-state index contributed by atoms with van der Waals surface area (Å²) in [4.78, 5) is 11.1. The van der Waals surface area contributed by atoms with E-state index in [-0.39, 0.29) is 12.3 Å². The van der Waals surface area contributed by atoms with Crippen LogP contribution in [0.25, 0.3) is 10.9 Å². The highest BCUT2D eigenvalue weighted by Gasteiger charge is 2.14. The van der Waals surface area contributed by atoms with Gasteiger partial charge in [0, 0.05) is 29.6 Å². The van der Waals surface area contributed by atoms with Gasteiger partial charge in [0.1, 0.15) is 12.4 Å². The van der Waals surface area contributed by atoms with Crippen LogP contribution in [0.1, 0.15) is 36.0 Å². The van der Waals surface area contributed by atoms with E-state index in [1.807, 2.05) is 67.6 Å². The summed E-state index contributed by atoms with van der Waals surface area (Å²) in [7, 11) is 0. The predicted molar refractivity (Wildman–Crippen MR) is 133 cm³/mol. The zero-order chi connectivity index (χ0) is 23.2. The van der Waals surface area contributed by atoms with Gasteiger partial charge >= 0.3 is 5.97 Å². The monoisotopic (exact) mass is 459 g/mol. The van der Waals surface area contributed by atoms with Gasteiger partial charge in [-0.1, -0.05) is 78.4 Å². The molecule has 0 aliphatic rings. The van der Waals surface area contributed by atoms with Crippen molar-refractivity contribution in [2.24, 2.45) is 0 Å². The molecule has 0 spiro atoms. The van der Waals surface area contributed by atoms with E-state index in [1.165, 1.54) is 5.56 Å². The van der Waals surface area contributed by atoms with Crippen molar-refractivity contribution in [3.05, 3.63) is 113 Å². The molecule has 1 heterocycles. The second-order valence-electron chi connectivity index (χ2n) is 7.99. The minimum Gasteiger partial charge on any atom is -0.489 e. The summed E-state index contributed by atoms with van der Waals surface area (Å²) in [5.74, 6) is -0.264. The molecular formula is C28H26ClNO3. The van der Waals surface area contributed by atoms with Crippen LogP contribution in [0.15, 0.2) is 91.1 Å². The van der Waals surface area contributed by atoms with Gasteiger partial charge in [0.25, 0.3) is 0 Å². The number of allylic oxidation sites excluding steroid dienone is 2. The number of hydrogen-bond donors (Lipinski definition) is 1. The minimum atomic E-state index is -0.819. The minimum absolute atomic E-state index is 0.0583. The molecule has 0 radical (unpaired) electrons. The van der Waals surface area contributed by atoms with Crippen molar-refractivity contribution >= 4 is 28.5 Å². The Morgan fingerprint density at radius 3 is 2.52 bits per heavy atom. The molecule has 33 heavy (non-hydrogen) atoms. The molecule has 4 rings (SSSR count). The van der Waals surface area contributed by atoms with E-state index in [1.54, 1.807) is 0 Å². The Balaban J connectivity index is 1.49. The molecule has 4 nitrogen and oxygen atoms in total. The average molecular weight is 460 g/mol. The summed E-state index contributed by atoms with van der Waals surface area (Å²) in [6, 6.07) is 24.0. The van der Waals surface area contributed by atoms with Crippen molar-refractivity contribution < 1.29 is 14.6 Å². The van der Waals surface area contributed by atoms with Gasteiger partial charge in [0.2, 0.25) is 0 Å². The third-order valence-corrected chi connectivity index (χ3v) is 6.09. The normalized spacial score (nSPS) is 12.3. The third-order valence-electron chi connectivity index (χ3n) is 5.67. The lowest BCUT2D eigenvalue weighted by Crippen LogP contribution is -2.04. The number of rotatable bonds is 9. The Hall–Kier alpha value is -3.50. The fourth-order valence-corrected chi connectivity index (χ4v) is 4.34. The van der Waals surface area contributed by atoms with Gasteiger partial charge in [-0.25, -0.2) is 0 Å². The summed E-state index contributed by atoms with van der Waals surface area (Å²) >= 11 is 6.81. The van der Waals surface area contributed by atoms with Crippen molar-refractivity contribution in [3.63, 3.8) is 0 Å².